The van der Waals surface area contributed by atoms with Gasteiger partial charge < -0.3 is 15.8 Å². The topological polar surface area (TPSA) is 102 Å². The first kappa shape index (κ1) is 17.3. The standard InChI is InChI=1S/C13H21N3O4S/c1-4-7-15-13(17)9-16(2)21(18,19)12-8-10(14)5-6-11(12)20-3/h5-6,8H,4,7,9,14H2,1-3H3,(H,15,17). The minimum atomic E-state index is -3.86. The van der Waals surface area contributed by atoms with Gasteiger partial charge in [-0.25, -0.2) is 8.42 Å². The Morgan fingerprint density at radius 2 is 2.10 bits per heavy atom. The third-order valence-electron chi connectivity index (χ3n) is 2.81. The summed E-state index contributed by atoms with van der Waals surface area (Å²) in [5.41, 5.74) is 5.93. The van der Waals surface area contributed by atoms with Gasteiger partial charge in [0.2, 0.25) is 15.9 Å². The maximum Gasteiger partial charge on any atom is 0.247 e. The van der Waals surface area contributed by atoms with Gasteiger partial charge in [0.1, 0.15) is 10.6 Å². The molecule has 0 saturated carbocycles. The maximum atomic E-state index is 12.5. The van der Waals surface area contributed by atoms with Gasteiger partial charge in [-0.1, -0.05) is 6.92 Å². The summed E-state index contributed by atoms with van der Waals surface area (Å²) in [6.45, 7) is 2.16. The Bertz CT molecular complexity index is 601. The van der Waals surface area contributed by atoms with E-state index in [0.717, 1.165) is 10.7 Å². The number of likely N-dealkylation sites (N-methyl/N-ethyl adjacent to an activating group) is 1. The molecule has 1 aromatic carbocycles. The van der Waals surface area contributed by atoms with E-state index in [2.05, 4.69) is 5.32 Å². The fraction of sp³-hybridized carbons (Fsp3) is 0.462. The predicted octanol–water partition coefficient (Wildman–Crippen LogP) is 0.424. The lowest BCUT2D eigenvalue weighted by Gasteiger charge is -2.18. The molecule has 0 spiro atoms. The fourth-order valence-electron chi connectivity index (χ4n) is 1.67. The van der Waals surface area contributed by atoms with Crippen molar-refractivity contribution < 1.29 is 17.9 Å². The molecule has 0 fully saturated rings. The van der Waals surface area contributed by atoms with Crippen LogP contribution in [0.15, 0.2) is 23.1 Å². The number of carbonyl (C=O) groups excluding carboxylic acids is 1. The molecule has 0 aromatic heterocycles. The molecule has 0 aliphatic carbocycles. The molecule has 0 saturated heterocycles. The van der Waals surface area contributed by atoms with Crippen LogP contribution in [0, 0.1) is 0 Å². The summed E-state index contributed by atoms with van der Waals surface area (Å²) in [6, 6.07) is 4.34. The number of methoxy groups -OCH3 is 1. The van der Waals surface area contributed by atoms with Crippen LogP contribution in [0.2, 0.25) is 0 Å². The van der Waals surface area contributed by atoms with Crippen molar-refractivity contribution in [2.45, 2.75) is 18.2 Å². The zero-order chi connectivity index (χ0) is 16.0. The van der Waals surface area contributed by atoms with Gasteiger partial charge in [-0.3, -0.25) is 4.79 Å². The Hall–Kier alpha value is -1.80. The Labute approximate surface area is 125 Å². The van der Waals surface area contributed by atoms with Crippen LogP contribution in [0.4, 0.5) is 5.69 Å². The molecule has 1 aromatic rings. The SMILES string of the molecule is CCCNC(=O)CN(C)S(=O)(=O)c1cc(N)ccc1OC. The number of rotatable bonds is 7. The van der Waals surface area contributed by atoms with Crippen LogP contribution < -0.4 is 15.8 Å². The first-order chi connectivity index (χ1) is 9.82. The first-order valence-electron chi connectivity index (χ1n) is 6.49. The zero-order valence-electron chi connectivity index (χ0n) is 12.4. The summed E-state index contributed by atoms with van der Waals surface area (Å²) in [6.07, 6.45) is 0.783. The molecule has 118 valence electrons. The van der Waals surface area contributed by atoms with Crippen molar-refractivity contribution in [1.82, 2.24) is 9.62 Å². The second-order valence-corrected chi connectivity index (χ2v) is 6.53. The smallest absolute Gasteiger partial charge is 0.247 e. The lowest BCUT2D eigenvalue weighted by molar-refractivity contribution is -0.121. The molecule has 0 aliphatic heterocycles. The van der Waals surface area contributed by atoms with Crippen molar-refractivity contribution in [3.8, 4) is 5.75 Å². The van der Waals surface area contributed by atoms with Gasteiger partial charge in [0, 0.05) is 19.3 Å². The third-order valence-corrected chi connectivity index (χ3v) is 4.64. The first-order valence-corrected chi connectivity index (χ1v) is 7.93. The molecule has 0 unspecified atom stereocenters. The van der Waals surface area contributed by atoms with E-state index in [0.29, 0.717) is 12.2 Å². The number of benzene rings is 1. The highest BCUT2D eigenvalue weighted by atomic mass is 32.2. The van der Waals surface area contributed by atoms with Gasteiger partial charge in [0.25, 0.3) is 0 Å². The molecule has 7 nitrogen and oxygen atoms in total. The largest absolute Gasteiger partial charge is 0.495 e. The number of nitrogens with two attached hydrogens (primary N) is 1. The normalized spacial score (nSPS) is 11.4. The van der Waals surface area contributed by atoms with Crippen LogP contribution in [0.5, 0.6) is 5.75 Å². The van der Waals surface area contributed by atoms with Crippen LogP contribution >= 0.6 is 0 Å². The molecule has 0 bridgehead atoms. The van der Waals surface area contributed by atoms with Crippen LogP contribution in [0.3, 0.4) is 0 Å². The average molecular weight is 315 g/mol. The molecular formula is C13H21N3O4S. The van der Waals surface area contributed by atoms with Gasteiger partial charge in [-0.15, -0.1) is 0 Å². The molecule has 21 heavy (non-hydrogen) atoms. The summed E-state index contributed by atoms with van der Waals surface area (Å²) in [5, 5.41) is 2.63. The fourth-order valence-corrected chi connectivity index (χ4v) is 2.98. The summed E-state index contributed by atoms with van der Waals surface area (Å²) in [7, 11) is -1.15. The number of anilines is 1. The average Bonchev–Trinajstić information content (AvgIpc) is 2.44. The van der Waals surface area contributed by atoms with Crippen molar-refractivity contribution in [3.05, 3.63) is 18.2 Å². The number of ether oxygens (including phenoxy) is 1. The van der Waals surface area contributed by atoms with Crippen molar-refractivity contribution in [3.63, 3.8) is 0 Å². The summed E-state index contributed by atoms with van der Waals surface area (Å²) in [5.74, 6) is -0.171. The van der Waals surface area contributed by atoms with E-state index in [1.807, 2.05) is 6.92 Å². The van der Waals surface area contributed by atoms with Gasteiger partial charge in [-0.2, -0.15) is 4.31 Å². The number of hydrogen-bond donors (Lipinski definition) is 2. The van der Waals surface area contributed by atoms with E-state index in [1.165, 1.54) is 26.3 Å². The van der Waals surface area contributed by atoms with Crippen LogP contribution in [-0.2, 0) is 14.8 Å². The van der Waals surface area contributed by atoms with Crippen LogP contribution in [0.1, 0.15) is 13.3 Å². The number of sulfonamides is 1. The van der Waals surface area contributed by atoms with E-state index in [-0.39, 0.29) is 23.1 Å². The van der Waals surface area contributed by atoms with E-state index >= 15 is 0 Å². The van der Waals surface area contributed by atoms with E-state index in [9.17, 15) is 13.2 Å². The molecular weight excluding hydrogens is 294 g/mol. The molecule has 0 atom stereocenters. The lowest BCUT2D eigenvalue weighted by atomic mass is 10.3. The third kappa shape index (κ3) is 4.33. The van der Waals surface area contributed by atoms with Gasteiger partial charge >= 0.3 is 0 Å². The molecule has 3 N–H and O–H groups in total. The Balaban J connectivity index is 3.00. The number of nitrogens with zero attached hydrogens (tertiary/aromatic N) is 1. The van der Waals surface area contributed by atoms with Crippen LogP contribution in [-0.4, -0.2) is 45.9 Å². The van der Waals surface area contributed by atoms with Gasteiger partial charge in [0.15, 0.2) is 0 Å². The number of nitrogens with one attached hydrogen (secondary N) is 1. The molecule has 0 aliphatic rings. The zero-order valence-corrected chi connectivity index (χ0v) is 13.2. The van der Waals surface area contributed by atoms with E-state index in [1.54, 1.807) is 6.07 Å². The lowest BCUT2D eigenvalue weighted by Crippen LogP contribution is -2.38. The number of amides is 1. The second-order valence-electron chi connectivity index (χ2n) is 4.52. The van der Waals surface area contributed by atoms with Gasteiger partial charge in [0.05, 0.1) is 13.7 Å². The number of carbonyl (C=O) groups is 1. The van der Waals surface area contributed by atoms with Gasteiger partial charge in [-0.05, 0) is 24.6 Å². The second kappa shape index (κ2) is 7.28. The highest BCUT2D eigenvalue weighted by Crippen LogP contribution is 2.27. The molecule has 0 heterocycles. The molecule has 0 radical (unpaired) electrons. The highest BCUT2D eigenvalue weighted by molar-refractivity contribution is 7.89. The Kier molecular flexibility index (Phi) is 5.98. The monoisotopic (exact) mass is 315 g/mol. The Morgan fingerprint density at radius 1 is 1.43 bits per heavy atom. The van der Waals surface area contributed by atoms with Crippen molar-refractivity contribution in [2.24, 2.45) is 0 Å². The van der Waals surface area contributed by atoms with E-state index in [4.69, 9.17) is 10.5 Å². The summed E-state index contributed by atoms with van der Waals surface area (Å²) in [4.78, 5) is 11.6. The van der Waals surface area contributed by atoms with Crippen LogP contribution in [0.25, 0.3) is 0 Å². The summed E-state index contributed by atoms with van der Waals surface area (Å²) >= 11 is 0. The molecule has 1 rings (SSSR count). The van der Waals surface area contributed by atoms with Crippen molar-refractivity contribution >= 4 is 21.6 Å². The highest BCUT2D eigenvalue weighted by Gasteiger charge is 2.26. The molecule has 1 amide bonds. The summed E-state index contributed by atoms with van der Waals surface area (Å²) < 4.78 is 31.0. The minimum absolute atomic E-state index is 0.0595. The van der Waals surface area contributed by atoms with Crippen molar-refractivity contribution in [1.29, 1.82) is 0 Å². The number of nitrogen functional groups attached to an aromatic ring is 1. The molecule has 8 heteroatoms. The predicted molar refractivity (Wildman–Crippen MR) is 80.5 cm³/mol. The van der Waals surface area contributed by atoms with E-state index < -0.39 is 10.0 Å². The minimum Gasteiger partial charge on any atom is -0.495 e. The quantitative estimate of drug-likeness (QED) is 0.710. The Morgan fingerprint density at radius 3 is 2.67 bits per heavy atom. The number of hydrogen-bond acceptors (Lipinski definition) is 5. The maximum absolute atomic E-state index is 12.5. The van der Waals surface area contributed by atoms with Crippen molar-refractivity contribution in [2.75, 3.05) is 33.0 Å².